The van der Waals surface area contributed by atoms with E-state index in [1.165, 1.54) is 12.0 Å². The fourth-order valence-corrected chi connectivity index (χ4v) is 0.539. The highest BCUT2D eigenvalue weighted by molar-refractivity contribution is 7.94. The van der Waals surface area contributed by atoms with Crippen molar-refractivity contribution < 1.29 is 4.18 Å². The lowest BCUT2D eigenvalue weighted by atomic mass is 10.7. The van der Waals surface area contributed by atoms with Crippen LogP contribution in [0.25, 0.3) is 0 Å². The zero-order chi connectivity index (χ0) is 5.54. The molecule has 0 bridgehead atoms. The van der Waals surface area contributed by atoms with E-state index in [1.54, 1.807) is 6.08 Å². The highest BCUT2D eigenvalue weighted by Gasteiger charge is 1.76. The van der Waals surface area contributed by atoms with E-state index in [0.29, 0.717) is 6.61 Å². The van der Waals surface area contributed by atoms with E-state index < -0.39 is 0 Å². The van der Waals surface area contributed by atoms with Gasteiger partial charge in [-0.05, 0) is 12.0 Å². The Morgan fingerprint density at radius 2 is 2.57 bits per heavy atom. The lowest BCUT2D eigenvalue weighted by Crippen LogP contribution is -1.77. The third-order valence-electron chi connectivity index (χ3n) is 0.387. The van der Waals surface area contributed by atoms with Gasteiger partial charge in [0.1, 0.15) is 0 Å². The van der Waals surface area contributed by atoms with Gasteiger partial charge >= 0.3 is 0 Å². The average molecular weight is 118 g/mol. The molecule has 2 heteroatoms. The molecular weight excluding hydrogens is 108 g/mol. The Balaban J connectivity index is 2.56. The smallest absolute Gasteiger partial charge is 0.0792 e. The number of hydrogen-bond donors (Lipinski definition) is 0. The first-order valence-corrected chi connectivity index (χ1v) is 3.18. The maximum atomic E-state index is 4.93. The minimum atomic E-state index is 0.651. The molecular formula is C5H10OS. The Kier molecular flexibility index (Phi) is 6.09. The summed E-state index contributed by atoms with van der Waals surface area (Å²) < 4.78 is 4.93. The molecule has 0 aliphatic heterocycles. The SMILES string of the molecule is C=CCOSCC. The molecule has 0 aromatic heterocycles. The molecule has 0 N–H and O–H groups in total. The van der Waals surface area contributed by atoms with Crippen molar-refractivity contribution in [3.63, 3.8) is 0 Å². The fourth-order valence-electron chi connectivity index (χ4n) is 0.180. The molecule has 0 aromatic carbocycles. The molecule has 0 aliphatic carbocycles. The summed E-state index contributed by atoms with van der Waals surface area (Å²) in [5.74, 6) is 1.01. The van der Waals surface area contributed by atoms with Gasteiger partial charge in [0.15, 0.2) is 0 Å². The number of rotatable bonds is 4. The number of hydrogen-bond acceptors (Lipinski definition) is 2. The van der Waals surface area contributed by atoms with Gasteiger partial charge in [0.25, 0.3) is 0 Å². The second-order valence-corrected chi connectivity index (χ2v) is 2.03. The second-order valence-electron chi connectivity index (χ2n) is 0.980. The van der Waals surface area contributed by atoms with Crippen molar-refractivity contribution >= 4 is 12.0 Å². The Labute approximate surface area is 49.0 Å². The highest BCUT2D eigenvalue weighted by atomic mass is 32.2. The van der Waals surface area contributed by atoms with Crippen LogP contribution in [0.3, 0.4) is 0 Å². The van der Waals surface area contributed by atoms with Crippen LogP contribution in [0.15, 0.2) is 12.7 Å². The Bertz CT molecular complexity index is 45.3. The Morgan fingerprint density at radius 3 is 3.00 bits per heavy atom. The van der Waals surface area contributed by atoms with E-state index in [4.69, 9.17) is 4.18 Å². The van der Waals surface area contributed by atoms with Crippen LogP contribution in [0, 0.1) is 0 Å². The molecule has 0 saturated heterocycles. The molecule has 0 unspecified atom stereocenters. The summed E-state index contributed by atoms with van der Waals surface area (Å²) in [6, 6.07) is 0. The maximum Gasteiger partial charge on any atom is 0.0792 e. The third-order valence-corrected chi connectivity index (χ3v) is 0.926. The van der Waals surface area contributed by atoms with Gasteiger partial charge in [0, 0.05) is 5.75 Å². The topological polar surface area (TPSA) is 9.23 Å². The third kappa shape index (κ3) is 6.05. The lowest BCUT2D eigenvalue weighted by molar-refractivity contribution is 0.430. The average Bonchev–Trinajstić information content (AvgIpc) is 1.69. The van der Waals surface area contributed by atoms with Crippen molar-refractivity contribution in [2.45, 2.75) is 6.92 Å². The summed E-state index contributed by atoms with van der Waals surface area (Å²) in [5, 5.41) is 0. The molecule has 0 heterocycles. The molecule has 7 heavy (non-hydrogen) atoms. The van der Waals surface area contributed by atoms with Gasteiger partial charge in [0.05, 0.1) is 6.61 Å². The zero-order valence-electron chi connectivity index (χ0n) is 4.52. The monoisotopic (exact) mass is 118 g/mol. The van der Waals surface area contributed by atoms with Crippen molar-refractivity contribution in [3.05, 3.63) is 12.7 Å². The first kappa shape index (κ1) is 7.05. The van der Waals surface area contributed by atoms with E-state index in [9.17, 15) is 0 Å². The van der Waals surface area contributed by atoms with Crippen molar-refractivity contribution in [3.8, 4) is 0 Å². The van der Waals surface area contributed by atoms with Gasteiger partial charge in [-0.25, -0.2) is 0 Å². The van der Waals surface area contributed by atoms with E-state index >= 15 is 0 Å². The highest BCUT2D eigenvalue weighted by Crippen LogP contribution is 1.98. The fraction of sp³-hybridized carbons (Fsp3) is 0.600. The van der Waals surface area contributed by atoms with Crippen LogP contribution in [0.2, 0.25) is 0 Å². The predicted octanol–water partition coefficient (Wildman–Crippen LogP) is 1.86. The molecule has 0 saturated carbocycles. The van der Waals surface area contributed by atoms with E-state index in [2.05, 4.69) is 6.58 Å². The van der Waals surface area contributed by atoms with Gasteiger partial charge in [-0.1, -0.05) is 13.0 Å². The van der Waals surface area contributed by atoms with Crippen LogP contribution >= 0.6 is 12.0 Å². The normalized spacial score (nSPS) is 8.71. The van der Waals surface area contributed by atoms with E-state index in [1.807, 2.05) is 6.92 Å². The van der Waals surface area contributed by atoms with Crippen LogP contribution in [0.5, 0.6) is 0 Å². The van der Waals surface area contributed by atoms with Gasteiger partial charge in [-0.15, -0.1) is 6.58 Å². The largest absolute Gasteiger partial charge is 0.311 e. The van der Waals surface area contributed by atoms with E-state index in [0.717, 1.165) is 5.75 Å². The summed E-state index contributed by atoms with van der Waals surface area (Å²) in [4.78, 5) is 0. The quantitative estimate of drug-likeness (QED) is 0.316. The summed E-state index contributed by atoms with van der Waals surface area (Å²) in [6.07, 6.45) is 1.74. The molecule has 0 aliphatic rings. The van der Waals surface area contributed by atoms with Crippen LogP contribution in [-0.2, 0) is 4.18 Å². The molecule has 0 fully saturated rings. The summed E-state index contributed by atoms with van der Waals surface area (Å²) in [7, 11) is 0. The van der Waals surface area contributed by atoms with Crippen molar-refractivity contribution in [2.75, 3.05) is 12.4 Å². The zero-order valence-corrected chi connectivity index (χ0v) is 5.33. The lowest BCUT2D eigenvalue weighted by Gasteiger charge is -1.91. The molecule has 1 nitrogen and oxygen atoms in total. The van der Waals surface area contributed by atoms with Crippen molar-refractivity contribution in [2.24, 2.45) is 0 Å². The van der Waals surface area contributed by atoms with Crippen LogP contribution < -0.4 is 0 Å². The van der Waals surface area contributed by atoms with Gasteiger partial charge in [-0.3, -0.25) is 0 Å². The van der Waals surface area contributed by atoms with Crippen molar-refractivity contribution in [1.82, 2.24) is 0 Å². The van der Waals surface area contributed by atoms with Gasteiger partial charge in [0.2, 0.25) is 0 Å². The first-order chi connectivity index (χ1) is 3.41. The van der Waals surface area contributed by atoms with E-state index in [-0.39, 0.29) is 0 Å². The minimum absolute atomic E-state index is 0.651. The van der Waals surface area contributed by atoms with Gasteiger partial charge in [-0.2, -0.15) is 0 Å². The van der Waals surface area contributed by atoms with Crippen molar-refractivity contribution in [1.29, 1.82) is 0 Å². The predicted molar refractivity (Wildman–Crippen MR) is 34.3 cm³/mol. The molecule has 0 radical (unpaired) electrons. The summed E-state index contributed by atoms with van der Waals surface area (Å²) in [5.41, 5.74) is 0. The summed E-state index contributed by atoms with van der Waals surface area (Å²) in [6.45, 7) is 6.19. The molecule has 0 amide bonds. The minimum Gasteiger partial charge on any atom is -0.311 e. The first-order valence-electron chi connectivity index (χ1n) is 2.27. The summed E-state index contributed by atoms with van der Waals surface area (Å²) >= 11 is 1.46. The molecule has 42 valence electrons. The van der Waals surface area contributed by atoms with Crippen LogP contribution in [0.4, 0.5) is 0 Å². The molecule has 0 atom stereocenters. The standard InChI is InChI=1S/C5H10OS/c1-3-5-6-7-4-2/h3H,1,4-5H2,2H3. The molecule has 0 spiro atoms. The molecule has 0 rings (SSSR count). The second kappa shape index (κ2) is 6.05. The van der Waals surface area contributed by atoms with Crippen LogP contribution in [0.1, 0.15) is 6.92 Å². The molecule has 0 aromatic rings. The Hall–Kier alpha value is 0.0500. The van der Waals surface area contributed by atoms with Gasteiger partial charge < -0.3 is 4.18 Å². The maximum absolute atomic E-state index is 4.93. The Morgan fingerprint density at radius 1 is 1.86 bits per heavy atom. The van der Waals surface area contributed by atoms with Crippen LogP contribution in [-0.4, -0.2) is 12.4 Å².